The maximum absolute atomic E-state index is 12.2. The third-order valence-electron chi connectivity index (χ3n) is 2.69. The average molecular weight is 306 g/mol. The molecule has 0 aliphatic rings. The number of sulfone groups is 1. The summed E-state index contributed by atoms with van der Waals surface area (Å²) in [6.07, 6.45) is 0.543. The van der Waals surface area contributed by atoms with E-state index in [4.69, 9.17) is 16.7 Å². The molecule has 0 fully saturated rings. The Kier molecular flexibility index (Phi) is 5.78. The van der Waals surface area contributed by atoms with Crippen LogP contribution in [0.25, 0.3) is 0 Å². The Morgan fingerprint density at radius 3 is 2.42 bits per heavy atom. The van der Waals surface area contributed by atoms with Gasteiger partial charge in [-0.15, -0.1) is 0 Å². The van der Waals surface area contributed by atoms with E-state index in [1.165, 1.54) is 24.3 Å². The van der Waals surface area contributed by atoms with Crippen LogP contribution in [0, 0.1) is 0 Å². The third-order valence-corrected chi connectivity index (χ3v) is 5.05. The molecule has 0 aliphatic heterocycles. The van der Waals surface area contributed by atoms with Crippen molar-refractivity contribution in [1.82, 2.24) is 5.32 Å². The number of hydrogen-bond donors (Lipinski definition) is 2. The van der Waals surface area contributed by atoms with Crippen molar-refractivity contribution in [1.29, 1.82) is 0 Å². The van der Waals surface area contributed by atoms with E-state index in [9.17, 15) is 13.2 Å². The Bertz CT molecular complexity index is 527. The molecule has 0 bridgehead atoms. The minimum atomic E-state index is -3.88. The summed E-state index contributed by atoms with van der Waals surface area (Å²) in [6.45, 7) is 0.569. The zero-order chi connectivity index (χ0) is 14.5. The molecule has 2 N–H and O–H groups in total. The van der Waals surface area contributed by atoms with Crippen molar-refractivity contribution >= 4 is 27.4 Å². The number of aliphatic carboxylic acids is 1. The topological polar surface area (TPSA) is 83.5 Å². The Hall–Kier alpha value is -1.11. The second-order valence-corrected chi connectivity index (χ2v) is 6.64. The standard InChI is InChI=1S/C12H16ClNO4S/c1-14-8-2-3-11(12(15)16)19(17,18)10-6-4-9(13)5-7-10/h4-7,11,14H,2-3,8H2,1H3,(H,15,16). The summed E-state index contributed by atoms with van der Waals surface area (Å²) in [5.41, 5.74) is 0. The number of nitrogens with one attached hydrogen (secondary N) is 1. The molecule has 1 atom stereocenters. The Morgan fingerprint density at radius 1 is 1.37 bits per heavy atom. The Labute approximate surface area is 117 Å². The summed E-state index contributed by atoms with van der Waals surface area (Å²) in [4.78, 5) is 11.1. The normalized spacial score (nSPS) is 13.2. The van der Waals surface area contributed by atoms with Crippen molar-refractivity contribution in [3.8, 4) is 0 Å². The summed E-state index contributed by atoms with van der Waals surface area (Å²) in [5, 5.41) is 10.9. The maximum atomic E-state index is 12.2. The van der Waals surface area contributed by atoms with Crippen molar-refractivity contribution < 1.29 is 18.3 Å². The fraction of sp³-hybridized carbons (Fsp3) is 0.417. The zero-order valence-corrected chi connectivity index (χ0v) is 12.0. The monoisotopic (exact) mass is 305 g/mol. The first-order chi connectivity index (χ1) is 8.89. The highest BCUT2D eigenvalue weighted by Crippen LogP contribution is 2.21. The summed E-state index contributed by atoms with van der Waals surface area (Å²) in [6, 6.07) is 5.51. The van der Waals surface area contributed by atoms with Gasteiger partial charge in [0.2, 0.25) is 0 Å². The van der Waals surface area contributed by atoms with E-state index in [-0.39, 0.29) is 11.3 Å². The van der Waals surface area contributed by atoms with Crippen LogP contribution >= 0.6 is 11.6 Å². The predicted octanol–water partition coefficient (Wildman–Crippen LogP) is 1.57. The van der Waals surface area contributed by atoms with Gasteiger partial charge >= 0.3 is 5.97 Å². The minimum Gasteiger partial charge on any atom is -0.480 e. The lowest BCUT2D eigenvalue weighted by Gasteiger charge is -2.13. The lowest BCUT2D eigenvalue weighted by Crippen LogP contribution is -2.31. The minimum absolute atomic E-state index is 0.0197. The van der Waals surface area contributed by atoms with Gasteiger partial charge in [-0.05, 0) is 50.7 Å². The van der Waals surface area contributed by atoms with Gasteiger partial charge in [0, 0.05) is 5.02 Å². The molecular weight excluding hydrogens is 290 g/mol. The van der Waals surface area contributed by atoms with Gasteiger partial charge in [-0.2, -0.15) is 0 Å². The van der Waals surface area contributed by atoms with E-state index in [1.807, 2.05) is 0 Å². The van der Waals surface area contributed by atoms with Crippen LogP contribution in [0.2, 0.25) is 5.02 Å². The number of carboxylic acid groups (broad SMARTS) is 1. The van der Waals surface area contributed by atoms with E-state index < -0.39 is 21.1 Å². The average Bonchev–Trinajstić information content (AvgIpc) is 2.34. The molecule has 0 radical (unpaired) electrons. The Morgan fingerprint density at radius 2 is 1.95 bits per heavy atom. The SMILES string of the molecule is CNCCCC(C(=O)O)S(=O)(=O)c1ccc(Cl)cc1. The number of halogens is 1. The van der Waals surface area contributed by atoms with Gasteiger partial charge in [-0.3, -0.25) is 4.79 Å². The molecule has 1 aromatic rings. The van der Waals surface area contributed by atoms with Gasteiger partial charge in [-0.1, -0.05) is 11.6 Å². The van der Waals surface area contributed by atoms with Gasteiger partial charge in [-0.25, -0.2) is 8.42 Å². The molecule has 1 unspecified atom stereocenters. The van der Waals surface area contributed by atoms with Crippen LogP contribution in [0.4, 0.5) is 0 Å². The van der Waals surface area contributed by atoms with Gasteiger partial charge in [0.1, 0.15) is 0 Å². The molecule has 7 heteroatoms. The molecule has 0 saturated carbocycles. The maximum Gasteiger partial charge on any atom is 0.322 e. The number of benzene rings is 1. The van der Waals surface area contributed by atoms with E-state index in [0.717, 1.165) is 0 Å². The molecule has 19 heavy (non-hydrogen) atoms. The van der Waals surface area contributed by atoms with Crippen LogP contribution in [0.1, 0.15) is 12.8 Å². The second kappa shape index (κ2) is 6.88. The van der Waals surface area contributed by atoms with Crippen molar-refractivity contribution in [2.75, 3.05) is 13.6 Å². The molecule has 0 aromatic heterocycles. The first kappa shape index (κ1) is 15.9. The van der Waals surface area contributed by atoms with Crippen LogP contribution in [-0.2, 0) is 14.6 Å². The fourth-order valence-electron chi connectivity index (χ4n) is 1.66. The molecule has 0 amide bonds. The largest absolute Gasteiger partial charge is 0.480 e. The van der Waals surface area contributed by atoms with Crippen molar-refractivity contribution in [2.24, 2.45) is 0 Å². The first-order valence-electron chi connectivity index (χ1n) is 5.76. The van der Waals surface area contributed by atoms with Crippen molar-refractivity contribution in [2.45, 2.75) is 23.0 Å². The molecule has 5 nitrogen and oxygen atoms in total. The highest BCUT2D eigenvalue weighted by Gasteiger charge is 2.33. The fourth-order valence-corrected chi connectivity index (χ4v) is 3.38. The lowest BCUT2D eigenvalue weighted by molar-refractivity contribution is -0.136. The van der Waals surface area contributed by atoms with E-state index in [1.54, 1.807) is 7.05 Å². The number of carboxylic acids is 1. The second-order valence-electron chi connectivity index (χ2n) is 4.07. The predicted molar refractivity (Wildman–Crippen MR) is 73.2 cm³/mol. The van der Waals surface area contributed by atoms with Crippen molar-refractivity contribution in [3.05, 3.63) is 29.3 Å². The van der Waals surface area contributed by atoms with E-state index in [0.29, 0.717) is 18.0 Å². The van der Waals surface area contributed by atoms with E-state index in [2.05, 4.69) is 5.32 Å². The molecule has 0 heterocycles. The van der Waals surface area contributed by atoms with Gasteiger partial charge in [0.25, 0.3) is 0 Å². The molecule has 106 valence electrons. The first-order valence-corrected chi connectivity index (χ1v) is 7.69. The summed E-state index contributed by atoms with van der Waals surface area (Å²) >= 11 is 5.69. The van der Waals surface area contributed by atoms with Crippen LogP contribution in [-0.4, -0.2) is 38.3 Å². The number of carbonyl (C=O) groups is 1. The van der Waals surface area contributed by atoms with Crippen LogP contribution in [0.3, 0.4) is 0 Å². The molecule has 0 saturated heterocycles. The van der Waals surface area contributed by atoms with Crippen LogP contribution < -0.4 is 5.32 Å². The highest BCUT2D eigenvalue weighted by molar-refractivity contribution is 7.92. The summed E-state index contributed by atoms with van der Waals surface area (Å²) in [7, 11) is -2.16. The highest BCUT2D eigenvalue weighted by atomic mass is 35.5. The summed E-state index contributed by atoms with van der Waals surface area (Å²) in [5.74, 6) is -1.33. The Balaban J connectivity index is 2.99. The van der Waals surface area contributed by atoms with Crippen LogP contribution in [0.15, 0.2) is 29.2 Å². The van der Waals surface area contributed by atoms with E-state index >= 15 is 0 Å². The smallest absolute Gasteiger partial charge is 0.322 e. The van der Waals surface area contributed by atoms with Gasteiger partial charge < -0.3 is 10.4 Å². The summed E-state index contributed by atoms with van der Waals surface area (Å²) < 4.78 is 24.5. The third kappa shape index (κ3) is 4.19. The van der Waals surface area contributed by atoms with Gasteiger partial charge in [0.05, 0.1) is 4.90 Å². The lowest BCUT2D eigenvalue weighted by atomic mass is 10.2. The number of rotatable bonds is 7. The molecule has 1 aromatic carbocycles. The molecule has 0 spiro atoms. The molecule has 1 rings (SSSR count). The molecular formula is C12H16ClNO4S. The zero-order valence-electron chi connectivity index (χ0n) is 10.5. The molecule has 0 aliphatic carbocycles. The quantitative estimate of drug-likeness (QED) is 0.747. The van der Waals surface area contributed by atoms with Gasteiger partial charge in [0.15, 0.2) is 15.1 Å². The van der Waals surface area contributed by atoms with Crippen LogP contribution in [0.5, 0.6) is 0 Å². The van der Waals surface area contributed by atoms with Crippen molar-refractivity contribution in [3.63, 3.8) is 0 Å². The number of hydrogen-bond acceptors (Lipinski definition) is 4.